The number of nitrogens with one attached hydrogen (secondary N) is 1. The van der Waals surface area contributed by atoms with Crippen LogP contribution in [0.2, 0.25) is 0 Å². The molecule has 2 heteroatoms. The van der Waals surface area contributed by atoms with Crippen LogP contribution in [-0.2, 0) is 0 Å². The Balaban J connectivity index is 2.52. The van der Waals surface area contributed by atoms with Crippen molar-refractivity contribution in [3.8, 4) is 0 Å². The maximum atomic E-state index is 3.55. The molecule has 2 unspecified atom stereocenters. The molecule has 1 rings (SSSR count). The highest BCUT2D eigenvalue weighted by Gasteiger charge is 2.41. The first-order chi connectivity index (χ1) is 7.65. The highest BCUT2D eigenvalue weighted by Crippen LogP contribution is 2.41. The van der Waals surface area contributed by atoms with Crippen molar-refractivity contribution in [3.63, 3.8) is 0 Å². The van der Waals surface area contributed by atoms with Crippen LogP contribution in [0.4, 0.5) is 0 Å². The Kier molecular flexibility index (Phi) is 4.65. The van der Waals surface area contributed by atoms with Gasteiger partial charge in [0, 0.05) is 19.1 Å². The van der Waals surface area contributed by atoms with E-state index < -0.39 is 0 Å². The van der Waals surface area contributed by atoms with E-state index in [9.17, 15) is 0 Å². The highest BCUT2D eigenvalue weighted by molar-refractivity contribution is 4.96. The topological polar surface area (TPSA) is 15.3 Å². The minimum Gasteiger partial charge on any atom is -0.316 e. The Morgan fingerprint density at radius 3 is 2.35 bits per heavy atom. The second-order valence-electron chi connectivity index (χ2n) is 7.81. The van der Waals surface area contributed by atoms with Crippen LogP contribution in [0, 0.1) is 16.7 Å². The SMILES string of the molecule is CNC1C(CN(C)CC(C)(C)C)CCC1(C)C. The molecule has 0 aromatic carbocycles. The van der Waals surface area contributed by atoms with Gasteiger partial charge in [-0.1, -0.05) is 34.6 Å². The fraction of sp³-hybridized carbons (Fsp3) is 1.00. The molecule has 0 aromatic rings. The maximum Gasteiger partial charge on any atom is 0.0156 e. The normalized spacial score (nSPS) is 28.9. The predicted molar refractivity (Wildman–Crippen MR) is 76.3 cm³/mol. The van der Waals surface area contributed by atoms with Crippen molar-refractivity contribution in [1.29, 1.82) is 0 Å². The molecule has 1 aliphatic carbocycles. The van der Waals surface area contributed by atoms with E-state index >= 15 is 0 Å². The molecule has 0 radical (unpaired) electrons. The van der Waals surface area contributed by atoms with Crippen LogP contribution < -0.4 is 5.32 Å². The first-order valence-electron chi connectivity index (χ1n) is 7.01. The summed E-state index contributed by atoms with van der Waals surface area (Å²) in [6, 6.07) is 0.671. The Morgan fingerprint density at radius 1 is 1.29 bits per heavy atom. The average molecular weight is 240 g/mol. The Morgan fingerprint density at radius 2 is 1.88 bits per heavy atom. The van der Waals surface area contributed by atoms with Crippen LogP contribution in [-0.4, -0.2) is 38.1 Å². The lowest BCUT2D eigenvalue weighted by atomic mass is 9.84. The zero-order chi connectivity index (χ0) is 13.3. The van der Waals surface area contributed by atoms with E-state index in [1.54, 1.807) is 0 Å². The first-order valence-corrected chi connectivity index (χ1v) is 7.01. The van der Waals surface area contributed by atoms with Crippen molar-refractivity contribution >= 4 is 0 Å². The minimum atomic E-state index is 0.401. The summed E-state index contributed by atoms with van der Waals surface area (Å²) in [6.45, 7) is 14.2. The molecule has 1 saturated carbocycles. The van der Waals surface area contributed by atoms with Crippen molar-refractivity contribution in [1.82, 2.24) is 10.2 Å². The maximum absolute atomic E-state index is 3.55. The molecular weight excluding hydrogens is 208 g/mol. The third kappa shape index (κ3) is 4.26. The third-order valence-corrected chi connectivity index (χ3v) is 4.07. The van der Waals surface area contributed by atoms with E-state index in [0.717, 1.165) is 5.92 Å². The molecule has 2 nitrogen and oxygen atoms in total. The predicted octanol–water partition coefficient (Wildman–Crippen LogP) is 2.99. The molecule has 1 fully saturated rings. The second kappa shape index (κ2) is 5.27. The fourth-order valence-electron chi connectivity index (χ4n) is 3.62. The summed E-state index contributed by atoms with van der Waals surface area (Å²) in [6.07, 6.45) is 2.72. The monoisotopic (exact) mass is 240 g/mol. The van der Waals surface area contributed by atoms with Crippen molar-refractivity contribution in [3.05, 3.63) is 0 Å². The Hall–Kier alpha value is -0.0800. The molecular formula is C15H32N2. The van der Waals surface area contributed by atoms with Gasteiger partial charge in [0.1, 0.15) is 0 Å². The van der Waals surface area contributed by atoms with E-state index in [4.69, 9.17) is 0 Å². The molecule has 2 atom stereocenters. The lowest BCUT2D eigenvalue weighted by Gasteiger charge is -2.34. The molecule has 1 aliphatic rings. The molecule has 0 bridgehead atoms. The van der Waals surface area contributed by atoms with Gasteiger partial charge in [-0.2, -0.15) is 0 Å². The third-order valence-electron chi connectivity index (χ3n) is 4.07. The summed E-state index contributed by atoms with van der Waals surface area (Å²) in [5, 5.41) is 3.55. The minimum absolute atomic E-state index is 0.401. The van der Waals surface area contributed by atoms with E-state index in [0.29, 0.717) is 16.9 Å². The number of nitrogens with zero attached hydrogens (tertiary/aromatic N) is 1. The standard InChI is InChI=1S/C15H32N2/c1-14(2,3)11-17(7)10-12-8-9-15(4,5)13(12)16-6/h12-13,16H,8-11H2,1-7H3. The molecule has 0 aromatic heterocycles. The first kappa shape index (κ1) is 15.0. The van der Waals surface area contributed by atoms with Gasteiger partial charge in [0.15, 0.2) is 0 Å². The summed E-state index contributed by atoms with van der Waals surface area (Å²) < 4.78 is 0. The smallest absolute Gasteiger partial charge is 0.0156 e. The number of hydrogen-bond donors (Lipinski definition) is 1. The van der Waals surface area contributed by atoms with Crippen LogP contribution in [0.5, 0.6) is 0 Å². The summed E-state index contributed by atoms with van der Waals surface area (Å²) in [5.41, 5.74) is 0.861. The largest absolute Gasteiger partial charge is 0.316 e. The van der Waals surface area contributed by atoms with Gasteiger partial charge in [-0.05, 0) is 43.7 Å². The fourth-order valence-corrected chi connectivity index (χ4v) is 3.62. The van der Waals surface area contributed by atoms with Gasteiger partial charge in [0.2, 0.25) is 0 Å². The molecule has 0 spiro atoms. The molecule has 0 amide bonds. The molecule has 0 aliphatic heterocycles. The van der Waals surface area contributed by atoms with Crippen molar-refractivity contribution < 1.29 is 0 Å². The lowest BCUT2D eigenvalue weighted by molar-refractivity contribution is 0.173. The summed E-state index contributed by atoms with van der Waals surface area (Å²) in [4.78, 5) is 2.51. The molecule has 0 heterocycles. The molecule has 0 saturated heterocycles. The van der Waals surface area contributed by atoms with Crippen LogP contribution in [0.3, 0.4) is 0 Å². The number of hydrogen-bond acceptors (Lipinski definition) is 2. The van der Waals surface area contributed by atoms with Gasteiger partial charge in [0.05, 0.1) is 0 Å². The van der Waals surface area contributed by atoms with Crippen LogP contribution in [0.1, 0.15) is 47.5 Å². The van der Waals surface area contributed by atoms with Crippen molar-refractivity contribution in [2.45, 2.75) is 53.5 Å². The van der Waals surface area contributed by atoms with Gasteiger partial charge in [-0.3, -0.25) is 0 Å². The van der Waals surface area contributed by atoms with E-state index in [1.807, 2.05) is 0 Å². The van der Waals surface area contributed by atoms with Gasteiger partial charge >= 0.3 is 0 Å². The van der Waals surface area contributed by atoms with Crippen molar-refractivity contribution in [2.24, 2.45) is 16.7 Å². The average Bonchev–Trinajstić information content (AvgIpc) is 2.37. The van der Waals surface area contributed by atoms with Crippen LogP contribution in [0.15, 0.2) is 0 Å². The number of rotatable bonds is 4. The Bertz CT molecular complexity index is 240. The summed E-state index contributed by atoms with van der Waals surface area (Å²) in [7, 11) is 4.39. The molecule has 102 valence electrons. The highest BCUT2D eigenvalue weighted by atomic mass is 15.1. The van der Waals surface area contributed by atoms with Crippen LogP contribution >= 0.6 is 0 Å². The van der Waals surface area contributed by atoms with E-state index in [-0.39, 0.29) is 0 Å². The second-order valence-corrected chi connectivity index (χ2v) is 7.81. The van der Waals surface area contributed by atoms with Crippen molar-refractivity contribution in [2.75, 3.05) is 27.2 Å². The zero-order valence-electron chi connectivity index (χ0n) is 12.9. The van der Waals surface area contributed by atoms with Gasteiger partial charge in [-0.25, -0.2) is 0 Å². The van der Waals surface area contributed by atoms with Gasteiger partial charge in [-0.15, -0.1) is 0 Å². The zero-order valence-corrected chi connectivity index (χ0v) is 12.9. The Labute approximate surface area is 108 Å². The van der Waals surface area contributed by atoms with Gasteiger partial charge in [0.25, 0.3) is 0 Å². The molecule has 17 heavy (non-hydrogen) atoms. The molecule has 1 N–H and O–H groups in total. The van der Waals surface area contributed by atoms with Gasteiger partial charge < -0.3 is 10.2 Å². The summed E-state index contributed by atoms with van der Waals surface area (Å²) in [5.74, 6) is 0.808. The van der Waals surface area contributed by atoms with E-state index in [1.165, 1.54) is 25.9 Å². The summed E-state index contributed by atoms with van der Waals surface area (Å²) >= 11 is 0. The van der Waals surface area contributed by atoms with Crippen LogP contribution in [0.25, 0.3) is 0 Å². The quantitative estimate of drug-likeness (QED) is 0.812. The lowest BCUT2D eigenvalue weighted by Crippen LogP contribution is -2.44. The van der Waals surface area contributed by atoms with E-state index in [2.05, 4.69) is 58.9 Å².